The Labute approximate surface area is 92.5 Å². The summed E-state index contributed by atoms with van der Waals surface area (Å²) >= 11 is 0. The smallest absolute Gasteiger partial charge is 0.246 e. The second-order valence-electron chi connectivity index (χ2n) is 3.97. The van der Waals surface area contributed by atoms with Gasteiger partial charge in [0.05, 0.1) is 12.1 Å². The second kappa shape index (κ2) is 4.58. The molecule has 0 spiro atoms. The van der Waals surface area contributed by atoms with Crippen molar-refractivity contribution in [2.45, 2.75) is 19.1 Å². The van der Waals surface area contributed by atoms with Gasteiger partial charge < -0.3 is 19.9 Å². The zero-order valence-electron chi connectivity index (χ0n) is 9.02. The van der Waals surface area contributed by atoms with Crippen LogP contribution in [0.25, 0.3) is 0 Å². The van der Waals surface area contributed by atoms with Crippen LogP contribution in [0.5, 0.6) is 0 Å². The number of carbonyl (C=O) groups is 1. The first-order valence-corrected chi connectivity index (χ1v) is 5.05. The molecule has 2 rings (SSSR count). The lowest BCUT2D eigenvalue weighted by Crippen LogP contribution is -2.59. The molecule has 7 nitrogen and oxygen atoms in total. The Morgan fingerprint density at radius 1 is 1.75 bits per heavy atom. The highest BCUT2D eigenvalue weighted by molar-refractivity contribution is 5.77. The Bertz CT molecular complexity index is 348. The van der Waals surface area contributed by atoms with Crippen molar-refractivity contribution in [2.24, 2.45) is 0 Å². The predicted molar refractivity (Wildman–Crippen MR) is 53.4 cm³/mol. The third-order valence-electron chi connectivity index (χ3n) is 2.40. The first kappa shape index (κ1) is 11.0. The van der Waals surface area contributed by atoms with Crippen molar-refractivity contribution in [1.29, 1.82) is 0 Å². The number of nitrogens with zero attached hydrogens (tertiary/aromatic N) is 2. The molecule has 0 bridgehead atoms. The maximum absolute atomic E-state index is 11.4. The minimum atomic E-state index is -0.205. The molecular weight excluding hydrogens is 212 g/mol. The van der Waals surface area contributed by atoms with Crippen LogP contribution in [0.4, 0.5) is 0 Å². The molecule has 88 valence electrons. The van der Waals surface area contributed by atoms with Gasteiger partial charge in [-0.05, 0) is 6.92 Å². The number of rotatable bonds is 5. The normalized spacial score (nSPS) is 17.8. The van der Waals surface area contributed by atoms with Gasteiger partial charge in [0.2, 0.25) is 12.3 Å². The molecule has 0 saturated carbocycles. The monoisotopic (exact) mass is 226 g/mol. The lowest BCUT2D eigenvalue weighted by atomic mass is 10.0. The van der Waals surface area contributed by atoms with Crippen LogP contribution < -0.4 is 10.6 Å². The van der Waals surface area contributed by atoms with Gasteiger partial charge in [0.1, 0.15) is 6.61 Å². The molecule has 0 radical (unpaired) electrons. The number of carbonyl (C=O) groups excluding carboxylic acids is 1. The topological polar surface area (TPSA) is 89.3 Å². The fourth-order valence-corrected chi connectivity index (χ4v) is 1.32. The van der Waals surface area contributed by atoms with Crippen molar-refractivity contribution >= 4 is 5.91 Å². The number of hydrogen-bond acceptors (Lipinski definition) is 6. The van der Waals surface area contributed by atoms with Gasteiger partial charge in [-0.1, -0.05) is 5.16 Å². The van der Waals surface area contributed by atoms with Crippen LogP contribution in [-0.2, 0) is 16.1 Å². The van der Waals surface area contributed by atoms with E-state index in [0.717, 1.165) is 13.1 Å². The fourth-order valence-electron chi connectivity index (χ4n) is 1.32. The van der Waals surface area contributed by atoms with E-state index in [-0.39, 0.29) is 24.7 Å². The van der Waals surface area contributed by atoms with E-state index in [2.05, 4.69) is 25.3 Å². The molecule has 1 aromatic heterocycles. The van der Waals surface area contributed by atoms with Crippen LogP contribution in [0.2, 0.25) is 0 Å². The average molecular weight is 226 g/mol. The first-order valence-electron chi connectivity index (χ1n) is 5.05. The molecule has 2 heterocycles. The van der Waals surface area contributed by atoms with E-state index in [1.54, 1.807) is 0 Å². The molecule has 1 aromatic rings. The molecule has 7 heteroatoms. The van der Waals surface area contributed by atoms with E-state index in [1.807, 2.05) is 6.92 Å². The summed E-state index contributed by atoms with van der Waals surface area (Å²) in [6, 6.07) is 0. The molecule has 0 atom stereocenters. The molecule has 1 amide bonds. The zero-order chi connectivity index (χ0) is 11.4. The summed E-state index contributed by atoms with van der Waals surface area (Å²) < 4.78 is 9.99. The summed E-state index contributed by atoms with van der Waals surface area (Å²) in [6.07, 6.45) is 1.22. The SMILES string of the molecule is CC1(OCC(=O)NCc2ncon2)CNC1. The molecule has 1 fully saturated rings. The quantitative estimate of drug-likeness (QED) is 0.674. The van der Waals surface area contributed by atoms with Crippen LogP contribution in [0.3, 0.4) is 0 Å². The molecule has 2 N–H and O–H groups in total. The average Bonchev–Trinajstić information content (AvgIpc) is 2.73. The maximum atomic E-state index is 11.4. The van der Waals surface area contributed by atoms with Gasteiger partial charge in [-0.3, -0.25) is 4.79 Å². The largest absolute Gasteiger partial charge is 0.363 e. The Morgan fingerprint density at radius 2 is 2.56 bits per heavy atom. The minimum absolute atomic E-state index is 0.0516. The van der Waals surface area contributed by atoms with Crippen LogP contribution in [0.15, 0.2) is 10.9 Å². The molecule has 1 aliphatic heterocycles. The van der Waals surface area contributed by atoms with Crippen LogP contribution in [0.1, 0.15) is 12.7 Å². The van der Waals surface area contributed by atoms with Crippen LogP contribution in [-0.4, -0.2) is 41.3 Å². The highest BCUT2D eigenvalue weighted by Gasteiger charge is 2.32. The van der Waals surface area contributed by atoms with Crippen molar-refractivity contribution in [3.63, 3.8) is 0 Å². The van der Waals surface area contributed by atoms with Crippen LogP contribution >= 0.6 is 0 Å². The lowest BCUT2D eigenvalue weighted by Gasteiger charge is -2.38. The Hall–Kier alpha value is -1.47. The van der Waals surface area contributed by atoms with Crippen molar-refractivity contribution in [1.82, 2.24) is 20.8 Å². The zero-order valence-corrected chi connectivity index (χ0v) is 9.02. The third kappa shape index (κ3) is 2.77. The number of nitrogens with one attached hydrogen (secondary N) is 2. The van der Waals surface area contributed by atoms with Gasteiger partial charge in [0.25, 0.3) is 0 Å². The van der Waals surface area contributed by atoms with Crippen molar-refractivity contribution in [3.05, 3.63) is 12.2 Å². The predicted octanol–water partition coefficient (Wildman–Crippen LogP) is -0.936. The van der Waals surface area contributed by atoms with E-state index < -0.39 is 0 Å². The molecule has 1 saturated heterocycles. The summed E-state index contributed by atoms with van der Waals surface area (Å²) in [6.45, 7) is 3.84. The first-order chi connectivity index (χ1) is 7.68. The van der Waals surface area contributed by atoms with Crippen molar-refractivity contribution < 1.29 is 14.1 Å². The minimum Gasteiger partial charge on any atom is -0.363 e. The lowest BCUT2D eigenvalue weighted by molar-refractivity contribution is -0.136. The van der Waals surface area contributed by atoms with Gasteiger partial charge in [0.15, 0.2) is 5.82 Å². The summed E-state index contributed by atoms with van der Waals surface area (Å²) in [5.41, 5.74) is -0.205. The summed E-state index contributed by atoms with van der Waals surface area (Å²) in [7, 11) is 0. The van der Waals surface area contributed by atoms with Crippen molar-refractivity contribution in [3.8, 4) is 0 Å². The standard InChI is InChI=1S/C9H14N4O3/c1-9(4-10-5-9)15-3-8(14)11-2-7-12-6-16-13-7/h6,10H,2-5H2,1H3,(H,11,14). The van der Waals surface area contributed by atoms with Gasteiger partial charge >= 0.3 is 0 Å². The summed E-state index contributed by atoms with van der Waals surface area (Å²) in [5, 5.41) is 9.30. The molecule has 1 aliphatic rings. The summed E-state index contributed by atoms with van der Waals surface area (Å²) in [5.74, 6) is 0.266. The number of hydrogen-bond donors (Lipinski definition) is 2. The van der Waals surface area contributed by atoms with Crippen molar-refractivity contribution in [2.75, 3.05) is 19.7 Å². The van der Waals surface area contributed by atoms with Crippen LogP contribution in [0, 0.1) is 0 Å². The number of aromatic nitrogens is 2. The highest BCUT2D eigenvalue weighted by Crippen LogP contribution is 2.14. The molecule has 0 aromatic carbocycles. The molecule has 16 heavy (non-hydrogen) atoms. The van der Waals surface area contributed by atoms with Gasteiger partial charge in [-0.2, -0.15) is 4.98 Å². The third-order valence-corrected chi connectivity index (χ3v) is 2.40. The highest BCUT2D eigenvalue weighted by atomic mass is 16.5. The van der Waals surface area contributed by atoms with Gasteiger partial charge in [0, 0.05) is 13.1 Å². The Kier molecular flexibility index (Phi) is 3.16. The van der Waals surface area contributed by atoms with Gasteiger partial charge in [-0.15, -0.1) is 0 Å². The molecule has 0 unspecified atom stereocenters. The van der Waals surface area contributed by atoms with E-state index in [1.165, 1.54) is 6.39 Å². The van der Waals surface area contributed by atoms with E-state index in [0.29, 0.717) is 5.82 Å². The van der Waals surface area contributed by atoms with E-state index in [4.69, 9.17) is 4.74 Å². The molecular formula is C9H14N4O3. The fraction of sp³-hybridized carbons (Fsp3) is 0.667. The Morgan fingerprint density at radius 3 is 3.12 bits per heavy atom. The number of ether oxygens (including phenoxy) is 1. The van der Waals surface area contributed by atoms with E-state index in [9.17, 15) is 4.79 Å². The van der Waals surface area contributed by atoms with Gasteiger partial charge in [-0.25, -0.2) is 0 Å². The number of amides is 1. The maximum Gasteiger partial charge on any atom is 0.246 e. The summed E-state index contributed by atoms with van der Waals surface area (Å²) in [4.78, 5) is 15.2. The Balaban J connectivity index is 1.65. The molecule has 0 aliphatic carbocycles. The van der Waals surface area contributed by atoms with E-state index >= 15 is 0 Å². The second-order valence-corrected chi connectivity index (χ2v) is 3.97.